The molecule has 3 aromatic rings. The fourth-order valence-electron chi connectivity index (χ4n) is 4.18. The Hall–Kier alpha value is -2.58. The van der Waals surface area contributed by atoms with Gasteiger partial charge in [0.15, 0.2) is 16.5 Å². The molecule has 1 aromatic carbocycles. The molecule has 1 amide bonds. The van der Waals surface area contributed by atoms with Crippen molar-refractivity contribution < 1.29 is 14.3 Å². The second-order valence-corrected chi connectivity index (χ2v) is 8.59. The van der Waals surface area contributed by atoms with Crippen molar-refractivity contribution in [3.8, 4) is 11.5 Å². The lowest BCUT2D eigenvalue weighted by atomic mass is 9.97. The highest BCUT2D eigenvalue weighted by Gasteiger charge is 2.23. The van der Waals surface area contributed by atoms with E-state index in [4.69, 9.17) is 9.47 Å². The van der Waals surface area contributed by atoms with Crippen molar-refractivity contribution in [3.05, 3.63) is 46.7 Å². The molecule has 1 unspecified atom stereocenters. The number of fused-ring (bicyclic) bond motifs is 2. The highest BCUT2D eigenvalue weighted by atomic mass is 32.1. The van der Waals surface area contributed by atoms with Gasteiger partial charge in [0.1, 0.15) is 0 Å². The van der Waals surface area contributed by atoms with E-state index in [0.717, 1.165) is 43.1 Å². The van der Waals surface area contributed by atoms with Gasteiger partial charge in [-0.2, -0.15) is 0 Å². The summed E-state index contributed by atoms with van der Waals surface area (Å²) in [6, 6.07) is 5.32. The molecule has 2 aliphatic rings. The van der Waals surface area contributed by atoms with Gasteiger partial charge in [-0.05, 0) is 50.4 Å². The van der Waals surface area contributed by atoms with Gasteiger partial charge < -0.3 is 14.8 Å². The molecule has 1 atom stereocenters. The lowest BCUT2D eigenvalue weighted by Crippen LogP contribution is -2.40. The Morgan fingerprint density at radius 1 is 1.34 bits per heavy atom. The Morgan fingerprint density at radius 3 is 3.17 bits per heavy atom. The summed E-state index contributed by atoms with van der Waals surface area (Å²) in [5.41, 5.74) is 2.98. The summed E-state index contributed by atoms with van der Waals surface area (Å²) in [7, 11) is 0. The van der Waals surface area contributed by atoms with Gasteiger partial charge in [0.2, 0.25) is 6.79 Å². The first kappa shape index (κ1) is 18.4. The van der Waals surface area contributed by atoms with E-state index in [1.807, 2.05) is 0 Å². The number of piperidine rings is 1. The fraction of sp³-hybridized carbons (Fsp3) is 0.429. The number of hydrogen-bond donors (Lipinski definition) is 1. The Morgan fingerprint density at radius 2 is 2.24 bits per heavy atom. The maximum Gasteiger partial charge on any atom is 0.251 e. The Balaban J connectivity index is 1.18. The Bertz CT molecular complexity index is 1040. The first-order valence-corrected chi connectivity index (χ1v) is 10.9. The maximum atomic E-state index is 12.6. The summed E-state index contributed by atoms with van der Waals surface area (Å²) in [6.45, 7) is 5.95. The van der Waals surface area contributed by atoms with E-state index in [0.29, 0.717) is 29.5 Å². The third-order valence-electron chi connectivity index (χ3n) is 5.72. The molecule has 1 N–H and O–H groups in total. The molecule has 152 valence electrons. The number of amides is 1. The lowest BCUT2D eigenvalue weighted by molar-refractivity contribution is 0.0929. The Kier molecular flexibility index (Phi) is 4.89. The number of aryl methyl sites for hydroxylation is 1. The third kappa shape index (κ3) is 3.70. The SMILES string of the molecule is Cc1nc2sccn2c1CN1CCCC(CNC(=O)c2ccc3c(c2)OCO3)C1. The largest absolute Gasteiger partial charge is 0.454 e. The molecule has 1 fully saturated rings. The zero-order chi connectivity index (χ0) is 19.8. The first-order chi connectivity index (χ1) is 14.2. The molecule has 1 saturated heterocycles. The zero-order valence-electron chi connectivity index (χ0n) is 16.4. The predicted octanol–water partition coefficient (Wildman–Crippen LogP) is 3.07. The second-order valence-electron chi connectivity index (χ2n) is 7.72. The molecule has 0 radical (unpaired) electrons. The van der Waals surface area contributed by atoms with Crippen LogP contribution in [-0.4, -0.2) is 46.6 Å². The third-order valence-corrected chi connectivity index (χ3v) is 6.48. The smallest absolute Gasteiger partial charge is 0.251 e. The normalized spacial score (nSPS) is 19.0. The number of thiazole rings is 1. The van der Waals surface area contributed by atoms with Gasteiger partial charge in [0.05, 0.1) is 11.4 Å². The molecule has 0 saturated carbocycles. The average molecular weight is 413 g/mol. The summed E-state index contributed by atoms with van der Waals surface area (Å²) in [4.78, 5) is 20.7. The van der Waals surface area contributed by atoms with Gasteiger partial charge in [0.25, 0.3) is 5.91 Å². The molecular weight excluding hydrogens is 388 g/mol. The van der Waals surface area contributed by atoms with Crippen LogP contribution >= 0.6 is 11.3 Å². The number of benzene rings is 1. The van der Waals surface area contributed by atoms with Gasteiger partial charge in [-0.25, -0.2) is 4.98 Å². The number of hydrogen-bond acceptors (Lipinski definition) is 6. The van der Waals surface area contributed by atoms with Crippen LogP contribution < -0.4 is 14.8 Å². The number of likely N-dealkylation sites (tertiary alicyclic amines) is 1. The maximum absolute atomic E-state index is 12.6. The number of nitrogens with one attached hydrogen (secondary N) is 1. The minimum Gasteiger partial charge on any atom is -0.454 e. The van der Waals surface area contributed by atoms with Crippen LogP contribution in [0.5, 0.6) is 11.5 Å². The number of carbonyl (C=O) groups excluding carboxylic acids is 1. The van der Waals surface area contributed by atoms with Crippen molar-refractivity contribution in [2.24, 2.45) is 5.92 Å². The summed E-state index contributed by atoms with van der Waals surface area (Å²) >= 11 is 1.67. The van der Waals surface area contributed by atoms with Crippen LogP contribution in [-0.2, 0) is 6.54 Å². The van der Waals surface area contributed by atoms with Crippen LogP contribution in [0.2, 0.25) is 0 Å². The van der Waals surface area contributed by atoms with Crippen molar-refractivity contribution >= 4 is 22.2 Å². The zero-order valence-corrected chi connectivity index (χ0v) is 17.2. The highest BCUT2D eigenvalue weighted by Crippen LogP contribution is 2.32. The standard InChI is InChI=1S/C21H24N4O3S/c1-14-17(25-7-8-29-21(25)23-14)12-24-6-2-3-15(11-24)10-22-20(26)16-4-5-18-19(9-16)28-13-27-18/h4-5,7-9,15H,2-3,6,10-13H2,1H3,(H,22,26). The number of nitrogens with zero attached hydrogens (tertiary/aromatic N) is 3. The average Bonchev–Trinajstić information content (AvgIpc) is 3.44. The van der Waals surface area contributed by atoms with E-state index in [9.17, 15) is 4.79 Å². The van der Waals surface area contributed by atoms with E-state index in [1.54, 1.807) is 29.5 Å². The summed E-state index contributed by atoms with van der Waals surface area (Å²) in [5, 5.41) is 5.18. The van der Waals surface area contributed by atoms with E-state index in [1.165, 1.54) is 5.69 Å². The summed E-state index contributed by atoms with van der Waals surface area (Å²) < 4.78 is 12.9. The second kappa shape index (κ2) is 7.68. The first-order valence-electron chi connectivity index (χ1n) is 9.98. The molecule has 8 heteroatoms. The predicted molar refractivity (Wildman–Crippen MR) is 111 cm³/mol. The highest BCUT2D eigenvalue weighted by molar-refractivity contribution is 7.15. The van der Waals surface area contributed by atoms with Crippen molar-refractivity contribution in [3.63, 3.8) is 0 Å². The van der Waals surface area contributed by atoms with Gasteiger partial charge in [-0.15, -0.1) is 11.3 Å². The molecule has 2 aromatic heterocycles. The van der Waals surface area contributed by atoms with Crippen LogP contribution in [0.1, 0.15) is 34.6 Å². The van der Waals surface area contributed by atoms with E-state index in [2.05, 4.69) is 38.1 Å². The molecule has 4 heterocycles. The van der Waals surface area contributed by atoms with Crippen molar-refractivity contribution in [1.29, 1.82) is 0 Å². The van der Waals surface area contributed by atoms with Crippen LogP contribution in [0.15, 0.2) is 29.8 Å². The van der Waals surface area contributed by atoms with Crippen molar-refractivity contribution in [2.45, 2.75) is 26.3 Å². The van der Waals surface area contributed by atoms with Crippen LogP contribution in [0, 0.1) is 12.8 Å². The monoisotopic (exact) mass is 412 g/mol. The molecule has 5 rings (SSSR count). The fourth-order valence-corrected chi connectivity index (χ4v) is 4.96. The quantitative estimate of drug-likeness (QED) is 0.698. The van der Waals surface area contributed by atoms with Gasteiger partial charge in [0, 0.05) is 36.8 Å². The van der Waals surface area contributed by atoms with Gasteiger partial charge in [-0.1, -0.05) is 0 Å². The molecule has 2 aliphatic heterocycles. The van der Waals surface area contributed by atoms with E-state index in [-0.39, 0.29) is 12.7 Å². The minimum absolute atomic E-state index is 0.0629. The number of rotatable bonds is 5. The summed E-state index contributed by atoms with van der Waals surface area (Å²) in [5.74, 6) is 1.72. The Labute approximate surface area is 173 Å². The van der Waals surface area contributed by atoms with Gasteiger partial charge in [-0.3, -0.25) is 14.1 Å². The molecule has 0 aliphatic carbocycles. The summed E-state index contributed by atoms with van der Waals surface area (Å²) in [6.07, 6.45) is 4.38. The number of carbonyl (C=O) groups is 1. The number of aromatic nitrogens is 2. The van der Waals surface area contributed by atoms with Crippen LogP contribution in [0.3, 0.4) is 0 Å². The molecular formula is C21H24N4O3S. The minimum atomic E-state index is -0.0629. The topological polar surface area (TPSA) is 68.1 Å². The van der Waals surface area contributed by atoms with Crippen LogP contribution in [0.4, 0.5) is 0 Å². The van der Waals surface area contributed by atoms with Gasteiger partial charge >= 0.3 is 0 Å². The van der Waals surface area contributed by atoms with Crippen molar-refractivity contribution in [2.75, 3.05) is 26.4 Å². The van der Waals surface area contributed by atoms with Crippen LogP contribution in [0.25, 0.3) is 4.96 Å². The molecule has 0 bridgehead atoms. The molecule has 0 spiro atoms. The lowest BCUT2D eigenvalue weighted by Gasteiger charge is -2.32. The number of ether oxygens (including phenoxy) is 2. The molecule has 29 heavy (non-hydrogen) atoms. The number of imidazole rings is 1. The van der Waals surface area contributed by atoms with E-state index < -0.39 is 0 Å². The molecule has 7 nitrogen and oxygen atoms in total. The van der Waals surface area contributed by atoms with Crippen molar-refractivity contribution in [1.82, 2.24) is 19.6 Å². The van der Waals surface area contributed by atoms with E-state index >= 15 is 0 Å².